The van der Waals surface area contributed by atoms with E-state index in [2.05, 4.69) is 31.2 Å². The lowest BCUT2D eigenvalue weighted by molar-refractivity contribution is -0.145. The van der Waals surface area contributed by atoms with Crippen molar-refractivity contribution < 1.29 is 93.0 Å². The van der Waals surface area contributed by atoms with E-state index in [9.17, 15) is 93.0 Å². The molecule has 0 saturated heterocycles. The van der Waals surface area contributed by atoms with Crippen LogP contribution in [0.15, 0.2) is 12.5 Å². The monoisotopic (exact) mass is 980 g/mol. The maximum absolute atomic E-state index is 12.7. The van der Waals surface area contributed by atoms with Crippen LogP contribution in [0, 0.1) is 17.8 Å². The minimum absolute atomic E-state index is 0.0355. The predicted molar refractivity (Wildman–Crippen MR) is 236 cm³/mol. The lowest BCUT2D eigenvalue weighted by atomic mass is 9.91. The number of carbonyl (C=O) groups excluding carboxylic acids is 8. The van der Waals surface area contributed by atoms with Crippen LogP contribution in [0.5, 0.6) is 0 Å². The number of aliphatic hydroxyl groups is 1. The van der Waals surface area contributed by atoms with Gasteiger partial charge in [0.2, 0.25) is 23.6 Å². The Kier molecular flexibility index (Phi) is 28.5. The van der Waals surface area contributed by atoms with Crippen LogP contribution < -0.4 is 21.3 Å². The first kappa shape index (κ1) is 60.1. The summed E-state index contributed by atoms with van der Waals surface area (Å²) in [5, 5.41) is 66.1. The van der Waals surface area contributed by atoms with E-state index in [1.54, 1.807) is 6.20 Å². The van der Waals surface area contributed by atoms with Gasteiger partial charge in [-0.05, 0) is 57.8 Å². The maximum atomic E-state index is 12.7. The number of rotatable bonds is 40. The first-order valence-corrected chi connectivity index (χ1v) is 22.4. The lowest BCUT2D eigenvalue weighted by Gasteiger charge is -2.17. The van der Waals surface area contributed by atoms with Gasteiger partial charge < -0.3 is 56.9 Å². The molecule has 11 N–H and O–H groups in total. The number of hydrogen-bond acceptors (Lipinski definition) is 15. The fourth-order valence-corrected chi connectivity index (χ4v) is 7.01. The molecule has 69 heavy (non-hydrogen) atoms. The highest BCUT2D eigenvalue weighted by Crippen LogP contribution is 2.19. The predicted octanol–water partition coefficient (Wildman–Crippen LogP) is 0.105. The van der Waals surface area contributed by atoms with Gasteiger partial charge in [0.15, 0.2) is 5.78 Å². The number of aromatic amines is 1. The molecule has 25 nitrogen and oxygen atoms in total. The molecular formula is C44H64N6O19. The average molecular weight is 981 g/mol. The molecule has 384 valence electrons. The van der Waals surface area contributed by atoms with Gasteiger partial charge >= 0.3 is 29.8 Å². The summed E-state index contributed by atoms with van der Waals surface area (Å²) in [7, 11) is 0. The summed E-state index contributed by atoms with van der Waals surface area (Å²) >= 11 is 0. The van der Waals surface area contributed by atoms with E-state index in [4.69, 9.17) is 0 Å². The highest BCUT2D eigenvalue weighted by molar-refractivity contribution is 5.89. The van der Waals surface area contributed by atoms with E-state index in [1.165, 1.54) is 6.33 Å². The van der Waals surface area contributed by atoms with E-state index in [1.807, 2.05) is 0 Å². The Morgan fingerprint density at radius 1 is 0.522 bits per heavy atom. The van der Waals surface area contributed by atoms with Gasteiger partial charge in [-0.1, -0.05) is 6.42 Å². The molecule has 1 aromatic rings. The summed E-state index contributed by atoms with van der Waals surface area (Å²) in [6.45, 7) is 0.588. The van der Waals surface area contributed by atoms with Crippen LogP contribution in [-0.4, -0.2) is 148 Å². The largest absolute Gasteiger partial charge is 0.481 e. The number of carbonyl (C=O) groups is 13. The molecule has 0 spiro atoms. The fourth-order valence-electron chi connectivity index (χ4n) is 7.01. The molecule has 0 aliphatic rings. The first-order valence-electron chi connectivity index (χ1n) is 22.4. The Morgan fingerprint density at radius 2 is 0.971 bits per heavy atom. The second kappa shape index (κ2) is 32.7. The fraction of sp³-hybridized carbons (Fsp3) is 0.636. The first-order chi connectivity index (χ1) is 32.5. The number of nitrogens with zero attached hydrogens (tertiary/aromatic N) is 1. The molecule has 0 radical (unpaired) electrons. The molecule has 0 aliphatic heterocycles. The van der Waals surface area contributed by atoms with Gasteiger partial charge in [0.05, 0.1) is 18.2 Å². The summed E-state index contributed by atoms with van der Waals surface area (Å²) in [4.78, 5) is 164. The van der Waals surface area contributed by atoms with Crippen molar-refractivity contribution in [2.75, 3.05) is 13.2 Å². The maximum Gasteiger partial charge on any atom is 0.326 e. The molecule has 6 atom stereocenters. The quantitative estimate of drug-likeness (QED) is 0.0389. The Balaban J connectivity index is 2.53. The number of aliphatic hydroxyl groups excluding tert-OH is 1. The minimum Gasteiger partial charge on any atom is -0.481 e. The molecule has 4 amide bonds. The van der Waals surface area contributed by atoms with Crippen molar-refractivity contribution in [3.63, 3.8) is 0 Å². The number of aromatic nitrogens is 2. The third-order valence-electron chi connectivity index (χ3n) is 11.0. The van der Waals surface area contributed by atoms with Crippen molar-refractivity contribution in [3.05, 3.63) is 18.2 Å². The summed E-state index contributed by atoms with van der Waals surface area (Å²) in [5.41, 5.74) is 0.810. The zero-order chi connectivity index (χ0) is 52.1. The summed E-state index contributed by atoms with van der Waals surface area (Å²) in [6, 6.07) is -4.56. The van der Waals surface area contributed by atoms with E-state index in [-0.39, 0.29) is 57.3 Å². The van der Waals surface area contributed by atoms with Gasteiger partial charge in [-0.3, -0.25) is 47.9 Å². The molecule has 0 aromatic carbocycles. The van der Waals surface area contributed by atoms with Crippen LogP contribution in [0.1, 0.15) is 128 Å². The third kappa shape index (κ3) is 26.9. The van der Waals surface area contributed by atoms with Crippen LogP contribution in [0.25, 0.3) is 0 Å². The Labute approximate surface area is 396 Å². The Morgan fingerprint density at radius 3 is 1.41 bits per heavy atom. The molecule has 25 heteroatoms. The highest BCUT2D eigenvalue weighted by Gasteiger charge is 2.29. The number of unbranched alkanes of at least 4 members (excludes halogenated alkanes) is 1. The lowest BCUT2D eigenvalue weighted by Crippen LogP contribution is -2.42. The van der Waals surface area contributed by atoms with Crippen molar-refractivity contribution in [3.8, 4) is 0 Å². The smallest absolute Gasteiger partial charge is 0.326 e. The van der Waals surface area contributed by atoms with Gasteiger partial charge in [-0.15, -0.1) is 0 Å². The molecule has 1 aromatic heterocycles. The summed E-state index contributed by atoms with van der Waals surface area (Å²) in [6.07, 6.45) is 0.109. The molecule has 0 saturated carbocycles. The molecule has 1 rings (SSSR count). The third-order valence-corrected chi connectivity index (χ3v) is 11.0. The molecule has 0 aliphatic carbocycles. The van der Waals surface area contributed by atoms with Crippen molar-refractivity contribution in [1.29, 1.82) is 0 Å². The van der Waals surface area contributed by atoms with Crippen molar-refractivity contribution in [1.82, 2.24) is 31.2 Å². The van der Waals surface area contributed by atoms with Crippen molar-refractivity contribution in [2.45, 2.75) is 147 Å². The number of imidazole rings is 1. The van der Waals surface area contributed by atoms with Gasteiger partial charge in [0.25, 0.3) is 0 Å². The van der Waals surface area contributed by atoms with Gasteiger partial charge in [-0.25, -0.2) is 19.4 Å². The van der Waals surface area contributed by atoms with Gasteiger partial charge in [0, 0.05) is 89.1 Å². The van der Waals surface area contributed by atoms with Crippen molar-refractivity contribution in [2.24, 2.45) is 17.8 Å². The Bertz CT molecular complexity index is 1950. The molecular weight excluding hydrogens is 917 g/mol. The number of hydrogen-bond donors (Lipinski definition) is 11. The van der Waals surface area contributed by atoms with Crippen molar-refractivity contribution >= 4 is 76.6 Å². The minimum atomic E-state index is -1.65. The number of aryl methyl sites for hydroxylation is 1. The second-order valence-electron chi connectivity index (χ2n) is 16.6. The normalized spacial score (nSPS) is 13.5. The number of carboxylic acid groups (broad SMARTS) is 5. The van der Waals surface area contributed by atoms with E-state index >= 15 is 0 Å². The second-order valence-corrected chi connectivity index (χ2v) is 16.6. The number of amides is 4. The van der Waals surface area contributed by atoms with E-state index < -0.39 is 165 Å². The zero-order valence-corrected chi connectivity index (χ0v) is 38.4. The number of H-pyrrole nitrogens is 1. The van der Waals surface area contributed by atoms with Crippen LogP contribution in [-0.2, 0) is 68.7 Å². The topological polar surface area (TPSA) is 420 Å². The molecule has 0 unspecified atom stereocenters. The Hall–Kier alpha value is -6.92. The summed E-state index contributed by atoms with van der Waals surface area (Å²) in [5.74, 6) is -15.6. The number of aliphatic carboxylic acids is 5. The number of Topliss-reactive ketones (excluding diaryl/α,β-unsaturated/α-hetero) is 4. The summed E-state index contributed by atoms with van der Waals surface area (Å²) < 4.78 is 0. The molecule has 1 heterocycles. The number of carboxylic acids is 5. The van der Waals surface area contributed by atoms with E-state index in [0.29, 0.717) is 25.7 Å². The highest BCUT2D eigenvalue weighted by atomic mass is 16.4. The van der Waals surface area contributed by atoms with Gasteiger partial charge in [0.1, 0.15) is 42.1 Å². The van der Waals surface area contributed by atoms with Crippen LogP contribution in [0.2, 0.25) is 0 Å². The van der Waals surface area contributed by atoms with Crippen LogP contribution >= 0.6 is 0 Å². The standard InChI is InChI=1S/C44H64N6O19/c1-25(52)48-33(42(64)65)13-11-31(54)20-27(40(60)61)6-16-38(58)49-34(43(66)67)14-12-32(55)21-28(41(62)63)7-17-39(59)50-35(44(68)69)15-18-37(57)46-19-3-2-4-26(36(56)23-51)5-9-30(53)10-8-29-22-45-24-47-29/h22,24,26-28,33-35,51H,2-21,23H2,1H3,(H,45,47)(H,46,57)(H,48,52)(H,49,58)(H,50,59)(H,60,61)(H,62,63)(H,64,65)(H,66,67)(H,68,69)/t26-,27-,28-,33+,34+,35+/m1/s1. The zero-order valence-electron chi connectivity index (χ0n) is 38.4. The number of nitrogens with one attached hydrogen (secondary N) is 5. The molecule has 0 bridgehead atoms. The SMILES string of the molecule is CC(=O)N[C@@H](CCC(=O)C[C@@H](CCC(=O)N[C@@H](CCC(=O)C[C@@H](CCC(=O)N[C@@H](CCC(=O)NCCCC[C@H](CCC(=O)CCc1cnc[nH]1)C(=O)CO)C(=O)O)C(=O)O)C(=O)O)C(=O)O)C(=O)O. The van der Waals surface area contributed by atoms with E-state index in [0.717, 1.165) is 12.6 Å². The van der Waals surface area contributed by atoms with Gasteiger partial charge in [-0.2, -0.15) is 0 Å². The van der Waals surface area contributed by atoms with Crippen LogP contribution in [0.3, 0.4) is 0 Å². The average Bonchev–Trinajstić information content (AvgIpc) is 3.81. The number of ketones is 4. The van der Waals surface area contributed by atoms with Crippen LogP contribution in [0.4, 0.5) is 0 Å². The molecule has 0 fully saturated rings.